The van der Waals surface area contributed by atoms with E-state index in [1.165, 1.54) is 11.8 Å². The van der Waals surface area contributed by atoms with Crippen molar-refractivity contribution in [1.82, 2.24) is 10.4 Å². The summed E-state index contributed by atoms with van der Waals surface area (Å²) in [6, 6.07) is 15.5. The lowest BCUT2D eigenvalue weighted by Gasteiger charge is -2.10. The number of amides is 1. The molecule has 140 valence electrons. The van der Waals surface area contributed by atoms with Gasteiger partial charge in [0.15, 0.2) is 6.61 Å². The first kappa shape index (κ1) is 19.0. The summed E-state index contributed by atoms with van der Waals surface area (Å²) < 4.78 is 5.50. The van der Waals surface area contributed by atoms with E-state index in [9.17, 15) is 4.79 Å². The van der Waals surface area contributed by atoms with Gasteiger partial charge in [-0.05, 0) is 36.1 Å². The molecule has 0 saturated heterocycles. The topological polar surface area (TPSA) is 66.5 Å². The number of rotatable bonds is 7. The molecule has 0 aliphatic rings. The molecular formula is C21H22ClN3O2. The molecule has 2 N–H and O–H groups in total. The average Bonchev–Trinajstić information content (AvgIpc) is 3.01. The third kappa shape index (κ3) is 4.68. The van der Waals surface area contributed by atoms with Crippen LogP contribution in [0.25, 0.3) is 10.9 Å². The number of aromatic amines is 1. The molecule has 1 unspecified atom stereocenters. The largest absolute Gasteiger partial charge is 0.484 e. The molecule has 1 heterocycles. The minimum absolute atomic E-state index is 0.109. The van der Waals surface area contributed by atoms with Gasteiger partial charge in [-0.1, -0.05) is 55.8 Å². The van der Waals surface area contributed by atoms with Crippen LogP contribution in [0.5, 0.6) is 5.75 Å². The van der Waals surface area contributed by atoms with Crippen LogP contribution in [0, 0.1) is 0 Å². The molecule has 0 saturated carbocycles. The predicted octanol–water partition coefficient (Wildman–Crippen LogP) is 4.86. The summed E-state index contributed by atoms with van der Waals surface area (Å²) >= 11 is 6.19. The lowest BCUT2D eigenvalue weighted by atomic mass is 9.99. The molecule has 6 heteroatoms. The maximum atomic E-state index is 11.9. The van der Waals surface area contributed by atoms with E-state index in [1.54, 1.807) is 0 Å². The second-order valence-corrected chi connectivity index (χ2v) is 6.74. The highest BCUT2D eigenvalue weighted by Gasteiger charge is 2.08. The molecular weight excluding hydrogens is 362 g/mol. The van der Waals surface area contributed by atoms with Crippen LogP contribution in [0.15, 0.2) is 53.6 Å². The number of hydrogen-bond acceptors (Lipinski definition) is 3. The SMILES string of the molecule is CCC(C)c1ccc(OCC(=O)NN=Cc2c(Cl)[nH]c3ccccc23)cc1. The molecule has 5 nitrogen and oxygen atoms in total. The monoisotopic (exact) mass is 383 g/mol. The lowest BCUT2D eigenvalue weighted by molar-refractivity contribution is -0.123. The van der Waals surface area contributed by atoms with E-state index in [2.05, 4.69) is 29.4 Å². The number of benzene rings is 2. The Kier molecular flexibility index (Phi) is 6.14. The van der Waals surface area contributed by atoms with Crippen LogP contribution in [-0.4, -0.2) is 23.7 Å². The van der Waals surface area contributed by atoms with Gasteiger partial charge in [-0.25, -0.2) is 5.43 Å². The fourth-order valence-electron chi connectivity index (χ4n) is 2.74. The second kappa shape index (κ2) is 8.73. The Labute approximate surface area is 163 Å². The Morgan fingerprint density at radius 2 is 2.00 bits per heavy atom. The van der Waals surface area contributed by atoms with Gasteiger partial charge in [0.05, 0.1) is 6.21 Å². The van der Waals surface area contributed by atoms with Gasteiger partial charge in [-0.15, -0.1) is 0 Å². The highest BCUT2D eigenvalue weighted by atomic mass is 35.5. The van der Waals surface area contributed by atoms with E-state index in [-0.39, 0.29) is 12.5 Å². The van der Waals surface area contributed by atoms with Crippen LogP contribution in [0.3, 0.4) is 0 Å². The van der Waals surface area contributed by atoms with Crippen molar-refractivity contribution in [3.8, 4) is 5.75 Å². The van der Waals surface area contributed by atoms with Crippen molar-refractivity contribution < 1.29 is 9.53 Å². The summed E-state index contributed by atoms with van der Waals surface area (Å²) in [5.74, 6) is 0.821. The first-order valence-electron chi connectivity index (χ1n) is 8.89. The van der Waals surface area contributed by atoms with Crippen LogP contribution in [0.4, 0.5) is 0 Å². The number of ether oxygens (including phenoxy) is 1. The number of carbonyl (C=O) groups is 1. The molecule has 3 rings (SSSR count). The fraction of sp³-hybridized carbons (Fsp3) is 0.238. The Hall–Kier alpha value is -2.79. The summed E-state index contributed by atoms with van der Waals surface area (Å²) in [6.07, 6.45) is 2.61. The molecule has 0 spiro atoms. The molecule has 0 radical (unpaired) electrons. The zero-order chi connectivity index (χ0) is 19.2. The van der Waals surface area contributed by atoms with Gasteiger partial charge < -0.3 is 9.72 Å². The summed E-state index contributed by atoms with van der Waals surface area (Å²) in [5.41, 5.74) is 5.36. The highest BCUT2D eigenvalue weighted by Crippen LogP contribution is 2.24. The van der Waals surface area contributed by atoms with Gasteiger partial charge in [0, 0.05) is 16.5 Å². The summed E-state index contributed by atoms with van der Waals surface area (Å²) in [6.45, 7) is 4.23. The van der Waals surface area contributed by atoms with E-state index in [0.29, 0.717) is 16.8 Å². The van der Waals surface area contributed by atoms with E-state index < -0.39 is 0 Å². The van der Waals surface area contributed by atoms with Crippen LogP contribution < -0.4 is 10.2 Å². The molecule has 0 fully saturated rings. The Morgan fingerprint density at radius 1 is 1.26 bits per heavy atom. The number of aromatic nitrogens is 1. The number of nitrogens with one attached hydrogen (secondary N) is 2. The first-order valence-corrected chi connectivity index (χ1v) is 9.27. The van der Waals surface area contributed by atoms with Crippen molar-refractivity contribution in [2.75, 3.05) is 6.61 Å². The van der Waals surface area contributed by atoms with Crippen molar-refractivity contribution in [2.45, 2.75) is 26.2 Å². The van der Waals surface area contributed by atoms with Gasteiger partial charge in [0.2, 0.25) is 0 Å². The number of fused-ring (bicyclic) bond motifs is 1. The molecule has 1 amide bonds. The number of carbonyl (C=O) groups excluding carboxylic acids is 1. The van der Waals surface area contributed by atoms with Gasteiger partial charge in [0.1, 0.15) is 10.9 Å². The Bertz CT molecular complexity index is 948. The van der Waals surface area contributed by atoms with Gasteiger partial charge >= 0.3 is 0 Å². The third-order valence-corrected chi connectivity index (χ3v) is 4.81. The van der Waals surface area contributed by atoms with Gasteiger partial charge in [-0.2, -0.15) is 5.10 Å². The van der Waals surface area contributed by atoms with Gasteiger partial charge in [-0.3, -0.25) is 4.79 Å². The van der Waals surface area contributed by atoms with E-state index >= 15 is 0 Å². The standard InChI is InChI=1S/C21H22ClN3O2/c1-3-14(2)15-8-10-16(11-9-15)27-13-20(26)25-23-12-18-17-6-4-5-7-19(17)24-21(18)22/h4-12,14,24H,3,13H2,1-2H3,(H,25,26). The zero-order valence-corrected chi connectivity index (χ0v) is 16.1. The summed E-state index contributed by atoms with van der Waals surface area (Å²) in [7, 11) is 0. The predicted molar refractivity (Wildman–Crippen MR) is 110 cm³/mol. The summed E-state index contributed by atoms with van der Waals surface area (Å²) in [4.78, 5) is 15.0. The lowest BCUT2D eigenvalue weighted by Crippen LogP contribution is -2.24. The number of H-pyrrole nitrogens is 1. The molecule has 2 aromatic carbocycles. The molecule has 27 heavy (non-hydrogen) atoms. The first-order chi connectivity index (χ1) is 13.1. The van der Waals surface area contributed by atoms with Crippen LogP contribution in [-0.2, 0) is 4.79 Å². The molecule has 0 aliphatic heterocycles. The van der Waals surface area contributed by atoms with Crippen molar-refractivity contribution in [2.24, 2.45) is 5.10 Å². The van der Waals surface area contributed by atoms with Crippen molar-refractivity contribution in [3.05, 3.63) is 64.8 Å². The molecule has 0 aliphatic carbocycles. The Balaban J connectivity index is 1.53. The zero-order valence-electron chi connectivity index (χ0n) is 15.3. The Morgan fingerprint density at radius 3 is 2.74 bits per heavy atom. The maximum absolute atomic E-state index is 11.9. The van der Waals surface area contributed by atoms with E-state index in [0.717, 1.165) is 22.9 Å². The quantitative estimate of drug-likeness (QED) is 0.451. The van der Waals surface area contributed by atoms with Crippen molar-refractivity contribution >= 4 is 34.6 Å². The molecule has 1 aromatic heterocycles. The minimum Gasteiger partial charge on any atom is -0.484 e. The van der Waals surface area contributed by atoms with Crippen LogP contribution in [0.2, 0.25) is 5.15 Å². The van der Waals surface area contributed by atoms with Crippen LogP contribution >= 0.6 is 11.6 Å². The minimum atomic E-state index is -0.340. The number of hydrazone groups is 1. The van der Waals surface area contributed by atoms with Crippen molar-refractivity contribution in [3.63, 3.8) is 0 Å². The number of halogens is 1. The smallest absolute Gasteiger partial charge is 0.277 e. The van der Waals surface area contributed by atoms with Crippen LogP contribution in [0.1, 0.15) is 37.3 Å². The fourth-order valence-corrected chi connectivity index (χ4v) is 2.99. The maximum Gasteiger partial charge on any atom is 0.277 e. The molecule has 1 atom stereocenters. The number of nitrogens with zero attached hydrogens (tertiary/aromatic N) is 1. The molecule has 0 bridgehead atoms. The second-order valence-electron chi connectivity index (χ2n) is 6.36. The van der Waals surface area contributed by atoms with Crippen molar-refractivity contribution in [1.29, 1.82) is 0 Å². The normalized spacial score (nSPS) is 12.4. The van der Waals surface area contributed by atoms with Gasteiger partial charge in [0.25, 0.3) is 5.91 Å². The number of para-hydroxylation sites is 1. The highest BCUT2D eigenvalue weighted by molar-refractivity contribution is 6.34. The third-order valence-electron chi connectivity index (χ3n) is 4.51. The molecule has 3 aromatic rings. The van der Waals surface area contributed by atoms with E-state index in [4.69, 9.17) is 16.3 Å². The summed E-state index contributed by atoms with van der Waals surface area (Å²) in [5, 5.41) is 5.40. The van der Waals surface area contributed by atoms with E-state index in [1.807, 2.05) is 48.5 Å². The number of hydrogen-bond donors (Lipinski definition) is 2. The average molecular weight is 384 g/mol.